The van der Waals surface area contributed by atoms with E-state index in [2.05, 4.69) is 12.2 Å². The molecule has 0 atom stereocenters. The molecular weight excluding hydrogens is 319 g/mol. The first kappa shape index (κ1) is 17.9. The molecule has 1 saturated carbocycles. The van der Waals surface area contributed by atoms with Crippen molar-refractivity contribution in [3.63, 3.8) is 0 Å². The van der Waals surface area contributed by atoms with Gasteiger partial charge >= 0.3 is 5.97 Å². The zero-order valence-corrected chi connectivity index (χ0v) is 15.3. The van der Waals surface area contributed by atoms with Gasteiger partial charge in [-0.05, 0) is 68.8 Å². The molecule has 1 N–H and O–H groups in total. The summed E-state index contributed by atoms with van der Waals surface area (Å²) in [7, 11) is 1.39. The molecule has 2 aromatic rings. The fourth-order valence-corrected chi connectivity index (χ4v) is 4.27. The molecule has 1 aromatic heterocycles. The minimum atomic E-state index is -0.285. The van der Waals surface area contributed by atoms with Gasteiger partial charge in [-0.15, -0.1) is 0 Å². The summed E-state index contributed by atoms with van der Waals surface area (Å²) in [4.78, 5) is 11.8. The van der Waals surface area contributed by atoms with E-state index in [0.717, 1.165) is 48.8 Å². The summed E-state index contributed by atoms with van der Waals surface area (Å²) < 4.78 is 20.7. The van der Waals surface area contributed by atoms with Crippen LogP contribution in [0, 0.1) is 12.7 Å². The quantitative estimate of drug-likeness (QED) is 0.835. The molecule has 25 heavy (non-hydrogen) atoms. The number of hydrogen-bond acceptors (Lipinski definition) is 3. The number of hydrogen-bond donors (Lipinski definition) is 1. The monoisotopic (exact) mass is 346 g/mol. The molecule has 0 saturated heterocycles. The third kappa shape index (κ3) is 3.56. The molecule has 4 nitrogen and oxygen atoms in total. The van der Waals surface area contributed by atoms with E-state index in [1.165, 1.54) is 18.7 Å². The first-order valence-corrected chi connectivity index (χ1v) is 9.13. The summed E-state index contributed by atoms with van der Waals surface area (Å²) in [6, 6.07) is 5.43. The van der Waals surface area contributed by atoms with Gasteiger partial charge in [-0.25, -0.2) is 4.39 Å². The lowest BCUT2D eigenvalue weighted by molar-refractivity contribution is -0.141. The minimum absolute atomic E-state index is 0.164. The Labute approximate surface area is 148 Å². The molecule has 1 heterocycles. The number of nitrogens with one attached hydrogen (secondary N) is 1. The Morgan fingerprint density at radius 2 is 2.04 bits per heavy atom. The highest BCUT2D eigenvalue weighted by Crippen LogP contribution is 2.40. The predicted molar refractivity (Wildman–Crippen MR) is 97.3 cm³/mol. The lowest BCUT2D eigenvalue weighted by Gasteiger charge is -2.29. The normalized spacial score (nSPS) is 20.8. The number of carbonyl (C=O) groups is 1. The van der Waals surface area contributed by atoms with Gasteiger partial charge in [0.05, 0.1) is 7.11 Å². The van der Waals surface area contributed by atoms with Crippen LogP contribution in [-0.4, -0.2) is 30.2 Å². The Balaban J connectivity index is 1.98. The van der Waals surface area contributed by atoms with E-state index in [9.17, 15) is 9.18 Å². The average molecular weight is 346 g/mol. The molecule has 0 spiro atoms. The summed E-state index contributed by atoms with van der Waals surface area (Å²) in [5.41, 5.74) is 3.17. The van der Waals surface area contributed by atoms with Crippen molar-refractivity contribution in [2.75, 3.05) is 13.7 Å². The van der Waals surface area contributed by atoms with Crippen LogP contribution < -0.4 is 5.32 Å². The van der Waals surface area contributed by atoms with Crippen molar-refractivity contribution in [3.05, 3.63) is 35.3 Å². The molecule has 0 unspecified atom stereocenters. The summed E-state index contributed by atoms with van der Waals surface area (Å²) in [6.07, 6.45) is 4.45. The maximum Gasteiger partial charge on any atom is 0.325 e. The van der Waals surface area contributed by atoms with Gasteiger partial charge in [0.25, 0.3) is 0 Å². The molecule has 0 bridgehead atoms. The Morgan fingerprint density at radius 1 is 1.32 bits per heavy atom. The minimum Gasteiger partial charge on any atom is -0.468 e. The summed E-state index contributed by atoms with van der Waals surface area (Å²) in [6.45, 7) is 5.33. The second-order valence-electron chi connectivity index (χ2n) is 6.93. The second-order valence-corrected chi connectivity index (χ2v) is 6.93. The highest BCUT2D eigenvalue weighted by molar-refractivity contribution is 5.87. The highest BCUT2D eigenvalue weighted by atomic mass is 19.1. The van der Waals surface area contributed by atoms with Crippen molar-refractivity contribution in [2.24, 2.45) is 0 Å². The summed E-state index contributed by atoms with van der Waals surface area (Å²) in [5, 5.41) is 4.47. The van der Waals surface area contributed by atoms with Crippen LogP contribution in [0.1, 0.15) is 49.8 Å². The molecular formula is C20H27FN2O2. The third-order valence-corrected chi connectivity index (χ3v) is 5.48. The topological polar surface area (TPSA) is 43.3 Å². The van der Waals surface area contributed by atoms with Crippen molar-refractivity contribution < 1.29 is 13.9 Å². The number of fused-ring (bicyclic) bond motifs is 1. The fourth-order valence-electron chi connectivity index (χ4n) is 4.27. The van der Waals surface area contributed by atoms with Crippen molar-refractivity contribution >= 4 is 16.9 Å². The van der Waals surface area contributed by atoms with E-state index in [1.54, 1.807) is 12.1 Å². The average Bonchev–Trinajstić information content (AvgIpc) is 2.87. The molecule has 1 aliphatic carbocycles. The Hall–Kier alpha value is -1.88. The molecule has 0 radical (unpaired) electrons. The molecule has 1 fully saturated rings. The maximum absolute atomic E-state index is 13.9. The molecule has 0 amide bonds. The van der Waals surface area contributed by atoms with Gasteiger partial charge in [-0.1, -0.05) is 6.92 Å². The van der Waals surface area contributed by atoms with Gasteiger partial charge in [0, 0.05) is 22.6 Å². The number of rotatable bonds is 5. The van der Waals surface area contributed by atoms with Crippen LogP contribution in [0.25, 0.3) is 10.9 Å². The van der Waals surface area contributed by atoms with Crippen LogP contribution in [0.4, 0.5) is 4.39 Å². The van der Waals surface area contributed by atoms with Gasteiger partial charge in [0.1, 0.15) is 12.4 Å². The van der Waals surface area contributed by atoms with Gasteiger partial charge in [0.15, 0.2) is 0 Å². The number of carbonyl (C=O) groups excluding carboxylic acids is 1. The van der Waals surface area contributed by atoms with E-state index in [-0.39, 0.29) is 18.3 Å². The SMILES string of the molecule is CCNC1CCC(c2c(C)n(CC(=O)OC)c3ccc(F)cc23)CC1. The molecule has 1 aliphatic rings. The second kappa shape index (κ2) is 7.56. The first-order valence-electron chi connectivity index (χ1n) is 9.13. The Morgan fingerprint density at radius 3 is 2.68 bits per heavy atom. The number of aromatic nitrogens is 1. The van der Waals surface area contributed by atoms with Crippen LogP contribution in [-0.2, 0) is 16.1 Å². The summed E-state index contributed by atoms with van der Waals surface area (Å²) in [5.74, 6) is -0.102. The van der Waals surface area contributed by atoms with E-state index in [0.29, 0.717) is 12.0 Å². The maximum atomic E-state index is 13.9. The molecule has 136 valence electrons. The van der Waals surface area contributed by atoms with Gasteiger partial charge in [0.2, 0.25) is 0 Å². The van der Waals surface area contributed by atoms with Crippen LogP contribution >= 0.6 is 0 Å². The number of halogens is 1. The van der Waals surface area contributed by atoms with Gasteiger partial charge < -0.3 is 14.6 Å². The van der Waals surface area contributed by atoms with E-state index in [4.69, 9.17) is 4.74 Å². The van der Waals surface area contributed by atoms with Crippen LogP contribution in [0.15, 0.2) is 18.2 Å². The number of esters is 1. The Kier molecular flexibility index (Phi) is 5.42. The number of methoxy groups -OCH3 is 1. The zero-order chi connectivity index (χ0) is 18.0. The molecule has 1 aromatic carbocycles. The lowest BCUT2D eigenvalue weighted by Crippen LogP contribution is -2.32. The van der Waals surface area contributed by atoms with Crippen LogP contribution in [0.5, 0.6) is 0 Å². The van der Waals surface area contributed by atoms with Crippen molar-refractivity contribution in [1.29, 1.82) is 0 Å². The predicted octanol–water partition coefficient (Wildman–Crippen LogP) is 3.90. The zero-order valence-electron chi connectivity index (χ0n) is 15.3. The van der Waals surface area contributed by atoms with Gasteiger partial charge in [-0.3, -0.25) is 4.79 Å². The molecule has 3 rings (SSSR count). The Bertz CT molecular complexity index is 761. The van der Waals surface area contributed by atoms with E-state index < -0.39 is 0 Å². The van der Waals surface area contributed by atoms with Crippen molar-refractivity contribution in [1.82, 2.24) is 9.88 Å². The largest absolute Gasteiger partial charge is 0.468 e. The fraction of sp³-hybridized carbons (Fsp3) is 0.550. The summed E-state index contributed by atoms with van der Waals surface area (Å²) >= 11 is 0. The standard InChI is InChI=1S/C20H27FN2O2/c1-4-22-16-8-5-14(6-9-16)20-13(2)23(12-19(24)25-3)18-10-7-15(21)11-17(18)20/h7,10-11,14,16,22H,4-6,8-9,12H2,1-3H3. The number of ether oxygens (including phenoxy) is 1. The van der Waals surface area contributed by atoms with E-state index in [1.807, 2.05) is 11.5 Å². The van der Waals surface area contributed by atoms with Crippen LogP contribution in [0.2, 0.25) is 0 Å². The highest BCUT2D eigenvalue weighted by Gasteiger charge is 2.27. The van der Waals surface area contributed by atoms with E-state index >= 15 is 0 Å². The first-order chi connectivity index (χ1) is 12.0. The number of nitrogens with zero attached hydrogens (tertiary/aromatic N) is 1. The molecule has 0 aliphatic heterocycles. The lowest BCUT2D eigenvalue weighted by atomic mass is 9.80. The molecule has 5 heteroatoms. The van der Waals surface area contributed by atoms with Crippen molar-refractivity contribution in [3.8, 4) is 0 Å². The third-order valence-electron chi connectivity index (χ3n) is 5.48. The van der Waals surface area contributed by atoms with Crippen molar-refractivity contribution in [2.45, 2.75) is 58.0 Å². The van der Waals surface area contributed by atoms with Crippen LogP contribution in [0.3, 0.4) is 0 Å². The van der Waals surface area contributed by atoms with Gasteiger partial charge in [-0.2, -0.15) is 0 Å². The number of benzene rings is 1. The smallest absolute Gasteiger partial charge is 0.325 e.